The molecular weight excluding hydrogens is 422 g/mol. The largest absolute Gasteiger partial charge is 0.340 e. The van der Waals surface area contributed by atoms with Crippen molar-refractivity contribution >= 4 is 28.1 Å². The highest BCUT2D eigenvalue weighted by Gasteiger charge is 2.24. The van der Waals surface area contributed by atoms with E-state index in [1.54, 1.807) is 11.3 Å². The van der Waals surface area contributed by atoms with E-state index in [4.69, 9.17) is 9.51 Å². The number of rotatable bonds is 5. The Kier molecular flexibility index (Phi) is 5.71. The van der Waals surface area contributed by atoms with Crippen molar-refractivity contribution in [3.63, 3.8) is 0 Å². The fourth-order valence-electron chi connectivity index (χ4n) is 4.27. The first-order valence-corrected chi connectivity index (χ1v) is 11.7. The zero-order valence-electron chi connectivity index (χ0n) is 18.2. The quantitative estimate of drug-likeness (QED) is 0.463. The van der Waals surface area contributed by atoms with Crippen molar-refractivity contribution in [3.8, 4) is 10.7 Å². The summed E-state index contributed by atoms with van der Waals surface area (Å²) in [6, 6.07) is 12.1. The summed E-state index contributed by atoms with van der Waals surface area (Å²) in [6.07, 6.45) is 0.392. The molecule has 0 N–H and O–H groups in total. The maximum atomic E-state index is 13.0. The number of benzene rings is 1. The molecule has 8 heteroatoms. The first-order chi connectivity index (χ1) is 15.6. The van der Waals surface area contributed by atoms with Crippen molar-refractivity contribution in [3.05, 3.63) is 64.5 Å². The second kappa shape index (κ2) is 8.80. The summed E-state index contributed by atoms with van der Waals surface area (Å²) in [7, 11) is 0. The number of para-hydroxylation sites is 1. The van der Waals surface area contributed by atoms with Crippen LogP contribution in [0.2, 0.25) is 0 Å². The molecule has 0 spiro atoms. The first-order valence-electron chi connectivity index (χ1n) is 10.8. The molecule has 1 fully saturated rings. The molecule has 3 aromatic heterocycles. The molecule has 5 rings (SSSR count). The smallest absolute Gasteiger partial charge is 0.241 e. The number of piperazine rings is 1. The van der Waals surface area contributed by atoms with Gasteiger partial charge in [-0.1, -0.05) is 29.4 Å². The first kappa shape index (κ1) is 20.8. The molecule has 1 saturated heterocycles. The monoisotopic (exact) mass is 447 g/mol. The van der Waals surface area contributed by atoms with Crippen LogP contribution in [-0.4, -0.2) is 57.0 Å². The molecule has 164 valence electrons. The average molecular weight is 448 g/mol. The highest BCUT2D eigenvalue weighted by molar-refractivity contribution is 7.13. The third-order valence-corrected chi connectivity index (χ3v) is 6.97. The number of fused-ring (bicyclic) bond motifs is 1. The number of amides is 1. The van der Waals surface area contributed by atoms with Crippen LogP contribution in [0, 0.1) is 13.8 Å². The number of hydrogen-bond donors (Lipinski definition) is 0. The molecule has 0 unspecified atom stereocenters. The minimum atomic E-state index is 0.158. The lowest BCUT2D eigenvalue weighted by molar-refractivity contribution is -0.132. The Morgan fingerprint density at radius 1 is 1.06 bits per heavy atom. The molecule has 1 aromatic carbocycles. The van der Waals surface area contributed by atoms with Gasteiger partial charge in [0.2, 0.25) is 17.6 Å². The van der Waals surface area contributed by atoms with Gasteiger partial charge in [-0.15, -0.1) is 11.3 Å². The van der Waals surface area contributed by atoms with E-state index in [2.05, 4.69) is 28.0 Å². The molecule has 1 aliphatic heterocycles. The van der Waals surface area contributed by atoms with E-state index < -0.39 is 0 Å². The van der Waals surface area contributed by atoms with Crippen molar-refractivity contribution in [1.82, 2.24) is 24.9 Å². The average Bonchev–Trinajstić information content (AvgIpc) is 3.49. The van der Waals surface area contributed by atoms with Crippen LogP contribution in [0.1, 0.15) is 22.7 Å². The second-order valence-corrected chi connectivity index (χ2v) is 9.09. The van der Waals surface area contributed by atoms with Crippen molar-refractivity contribution < 1.29 is 9.32 Å². The third kappa shape index (κ3) is 4.16. The van der Waals surface area contributed by atoms with E-state index in [0.29, 0.717) is 37.8 Å². The van der Waals surface area contributed by atoms with Crippen LogP contribution in [0.3, 0.4) is 0 Å². The van der Waals surface area contributed by atoms with Crippen molar-refractivity contribution in [1.29, 1.82) is 0 Å². The van der Waals surface area contributed by atoms with Crippen molar-refractivity contribution in [2.45, 2.75) is 26.8 Å². The zero-order chi connectivity index (χ0) is 22.1. The number of aromatic nitrogens is 3. The maximum Gasteiger partial charge on any atom is 0.241 e. The van der Waals surface area contributed by atoms with E-state index in [9.17, 15) is 4.79 Å². The van der Waals surface area contributed by atoms with Gasteiger partial charge in [-0.2, -0.15) is 4.98 Å². The molecule has 32 heavy (non-hydrogen) atoms. The Balaban J connectivity index is 1.20. The van der Waals surface area contributed by atoms with Gasteiger partial charge in [0.25, 0.3) is 0 Å². The number of pyridine rings is 1. The highest BCUT2D eigenvalue weighted by Crippen LogP contribution is 2.24. The SMILES string of the molecule is Cc1nc2ccccc2c(C)c1CC(=O)N1CCN(Cc2nc(-c3cccs3)no2)CC1. The third-order valence-electron chi connectivity index (χ3n) is 6.11. The van der Waals surface area contributed by atoms with Crippen LogP contribution in [0.4, 0.5) is 0 Å². The van der Waals surface area contributed by atoms with Crippen molar-refractivity contribution in [2.24, 2.45) is 0 Å². The van der Waals surface area contributed by atoms with Gasteiger partial charge < -0.3 is 9.42 Å². The van der Waals surface area contributed by atoms with Crippen LogP contribution in [0.5, 0.6) is 0 Å². The number of nitrogens with zero attached hydrogens (tertiary/aromatic N) is 5. The molecule has 0 atom stereocenters. The number of carbonyl (C=O) groups is 1. The Bertz CT molecular complexity index is 1240. The van der Waals surface area contributed by atoms with Gasteiger partial charge in [0, 0.05) is 37.3 Å². The Hall–Kier alpha value is -3.10. The second-order valence-electron chi connectivity index (χ2n) is 8.14. The zero-order valence-corrected chi connectivity index (χ0v) is 19.1. The van der Waals surface area contributed by atoms with E-state index >= 15 is 0 Å². The molecule has 7 nitrogen and oxygen atoms in total. The number of carbonyl (C=O) groups excluding carboxylic acids is 1. The highest BCUT2D eigenvalue weighted by atomic mass is 32.1. The van der Waals surface area contributed by atoms with Gasteiger partial charge in [-0.25, -0.2) is 0 Å². The lowest BCUT2D eigenvalue weighted by Crippen LogP contribution is -2.48. The topological polar surface area (TPSA) is 75.4 Å². The summed E-state index contributed by atoms with van der Waals surface area (Å²) in [5.41, 5.74) is 4.11. The van der Waals surface area contributed by atoms with E-state index in [1.165, 1.54) is 0 Å². The number of thiophene rings is 1. The van der Waals surface area contributed by atoms with E-state index in [-0.39, 0.29) is 5.91 Å². The normalized spacial score (nSPS) is 14.9. The van der Waals surface area contributed by atoms with Gasteiger partial charge in [0.15, 0.2) is 0 Å². The molecule has 4 aromatic rings. The van der Waals surface area contributed by atoms with E-state index in [1.807, 2.05) is 47.5 Å². The summed E-state index contributed by atoms with van der Waals surface area (Å²) < 4.78 is 5.42. The summed E-state index contributed by atoms with van der Waals surface area (Å²) in [5, 5.41) is 7.20. The Labute approximate surface area is 190 Å². The van der Waals surface area contributed by atoms with Gasteiger partial charge in [0.1, 0.15) is 0 Å². The standard InChI is InChI=1S/C24H25N5O2S/c1-16-18-6-3-4-7-20(18)25-17(2)19(16)14-23(30)29-11-9-28(10-12-29)15-22-26-24(27-31-22)21-8-5-13-32-21/h3-8,13H,9-12,14-15H2,1-2H3. The van der Waals surface area contributed by atoms with Gasteiger partial charge in [0.05, 0.1) is 23.4 Å². The maximum absolute atomic E-state index is 13.0. The Morgan fingerprint density at radius 2 is 1.88 bits per heavy atom. The van der Waals surface area contributed by atoms with Crippen LogP contribution < -0.4 is 0 Å². The fraction of sp³-hybridized carbons (Fsp3) is 0.333. The summed E-state index contributed by atoms with van der Waals surface area (Å²) in [6.45, 7) is 7.66. The van der Waals surface area contributed by atoms with Crippen LogP contribution >= 0.6 is 11.3 Å². The fourth-order valence-corrected chi connectivity index (χ4v) is 4.91. The number of aryl methyl sites for hydroxylation is 2. The van der Waals surface area contributed by atoms with Crippen LogP contribution in [0.25, 0.3) is 21.6 Å². The molecule has 0 aliphatic carbocycles. The molecule has 0 saturated carbocycles. The van der Waals surface area contributed by atoms with Gasteiger partial charge >= 0.3 is 0 Å². The lowest BCUT2D eigenvalue weighted by atomic mass is 9.99. The lowest BCUT2D eigenvalue weighted by Gasteiger charge is -2.34. The van der Waals surface area contributed by atoms with Crippen LogP contribution in [-0.2, 0) is 17.8 Å². The van der Waals surface area contributed by atoms with Gasteiger partial charge in [-0.3, -0.25) is 14.7 Å². The van der Waals surface area contributed by atoms with Crippen LogP contribution in [0.15, 0.2) is 46.3 Å². The Morgan fingerprint density at radius 3 is 2.66 bits per heavy atom. The summed E-state index contributed by atoms with van der Waals surface area (Å²) in [4.78, 5) is 27.5. The minimum Gasteiger partial charge on any atom is -0.340 e. The summed E-state index contributed by atoms with van der Waals surface area (Å²) >= 11 is 1.59. The number of hydrogen-bond acceptors (Lipinski definition) is 7. The molecule has 4 heterocycles. The molecule has 1 amide bonds. The molecule has 1 aliphatic rings. The minimum absolute atomic E-state index is 0.158. The predicted octanol–water partition coefficient (Wildman–Crippen LogP) is 3.85. The van der Waals surface area contributed by atoms with Crippen molar-refractivity contribution in [2.75, 3.05) is 26.2 Å². The summed E-state index contributed by atoms with van der Waals surface area (Å²) in [5.74, 6) is 1.41. The van der Waals surface area contributed by atoms with E-state index in [0.717, 1.165) is 45.7 Å². The molecular formula is C24H25N5O2S. The molecule has 0 radical (unpaired) electrons. The predicted molar refractivity (Wildman–Crippen MR) is 124 cm³/mol. The van der Waals surface area contributed by atoms with Gasteiger partial charge in [-0.05, 0) is 42.5 Å². The molecule has 0 bridgehead atoms.